The molecular formula is C9H19N3. The third-order valence-corrected chi connectivity index (χ3v) is 3.85. The molecule has 0 spiro atoms. The molecule has 2 fully saturated rings. The zero-order valence-corrected chi connectivity index (χ0v) is 8.22. The van der Waals surface area contributed by atoms with Crippen molar-refractivity contribution in [3.05, 3.63) is 0 Å². The highest BCUT2D eigenvalue weighted by molar-refractivity contribution is 5.23. The fourth-order valence-corrected chi connectivity index (χ4v) is 2.54. The standard InChI is InChI=1S/C9H19N3/c1-8(2)9(10)5-4-7(11-3)6-12(8)9/h7,11H,4-6,10H2,1-3H3. The van der Waals surface area contributed by atoms with Crippen LogP contribution in [0.25, 0.3) is 0 Å². The smallest absolute Gasteiger partial charge is 0.0878 e. The third kappa shape index (κ3) is 0.817. The second-order valence-electron chi connectivity index (χ2n) is 4.62. The minimum Gasteiger partial charge on any atom is -0.316 e. The second-order valence-corrected chi connectivity index (χ2v) is 4.62. The van der Waals surface area contributed by atoms with E-state index in [0.717, 1.165) is 13.0 Å². The van der Waals surface area contributed by atoms with Gasteiger partial charge in [0.15, 0.2) is 0 Å². The Bertz CT molecular complexity index is 202. The van der Waals surface area contributed by atoms with Crippen LogP contribution in [-0.4, -0.2) is 35.7 Å². The van der Waals surface area contributed by atoms with E-state index in [0.29, 0.717) is 6.04 Å². The van der Waals surface area contributed by atoms with Crippen LogP contribution in [0.15, 0.2) is 0 Å². The minimum atomic E-state index is 0.0142. The molecule has 0 radical (unpaired) electrons. The van der Waals surface area contributed by atoms with Gasteiger partial charge >= 0.3 is 0 Å². The molecule has 0 aromatic rings. The van der Waals surface area contributed by atoms with E-state index >= 15 is 0 Å². The molecule has 0 amide bonds. The van der Waals surface area contributed by atoms with Gasteiger partial charge < -0.3 is 11.1 Å². The van der Waals surface area contributed by atoms with E-state index in [9.17, 15) is 0 Å². The zero-order valence-electron chi connectivity index (χ0n) is 8.22. The van der Waals surface area contributed by atoms with Crippen molar-refractivity contribution in [3.63, 3.8) is 0 Å². The van der Waals surface area contributed by atoms with Crippen molar-refractivity contribution < 1.29 is 0 Å². The first-order valence-electron chi connectivity index (χ1n) is 4.76. The number of likely N-dealkylation sites (N-methyl/N-ethyl adjacent to an activating group) is 1. The molecule has 2 saturated heterocycles. The average molecular weight is 169 g/mol. The molecule has 2 rings (SSSR count). The Morgan fingerprint density at radius 3 is 2.67 bits per heavy atom. The summed E-state index contributed by atoms with van der Waals surface area (Å²) in [6, 6.07) is 0.642. The molecule has 70 valence electrons. The molecule has 0 saturated carbocycles. The quantitative estimate of drug-likeness (QED) is 0.548. The van der Waals surface area contributed by atoms with Gasteiger partial charge in [-0.25, -0.2) is 0 Å². The Labute approximate surface area is 74.3 Å². The van der Waals surface area contributed by atoms with Crippen LogP contribution in [0.3, 0.4) is 0 Å². The zero-order chi connectivity index (χ0) is 8.98. The van der Waals surface area contributed by atoms with Crippen molar-refractivity contribution in [2.75, 3.05) is 13.6 Å². The molecule has 3 N–H and O–H groups in total. The highest BCUT2D eigenvalue weighted by atomic mass is 15.5. The molecule has 2 aliphatic rings. The molecule has 0 aromatic heterocycles. The van der Waals surface area contributed by atoms with Gasteiger partial charge in [0.2, 0.25) is 0 Å². The van der Waals surface area contributed by atoms with E-state index < -0.39 is 0 Å². The Kier molecular flexibility index (Phi) is 1.57. The lowest BCUT2D eigenvalue weighted by Gasteiger charge is -2.25. The van der Waals surface area contributed by atoms with Gasteiger partial charge in [0.05, 0.1) is 5.66 Å². The number of piperidine rings is 1. The first-order valence-corrected chi connectivity index (χ1v) is 4.76. The first kappa shape index (κ1) is 8.48. The molecule has 0 aromatic carbocycles. The van der Waals surface area contributed by atoms with Crippen LogP contribution in [0.2, 0.25) is 0 Å². The Morgan fingerprint density at radius 1 is 1.50 bits per heavy atom. The van der Waals surface area contributed by atoms with Crippen molar-refractivity contribution >= 4 is 0 Å². The van der Waals surface area contributed by atoms with Crippen LogP contribution >= 0.6 is 0 Å². The van der Waals surface area contributed by atoms with Gasteiger partial charge in [-0.05, 0) is 33.7 Å². The molecule has 3 nitrogen and oxygen atoms in total. The minimum absolute atomic E-state index is 0.0142. The summed E-state index contributed by atoms with van der Waals surface area (Å²) in [5.74, 6) is 0. The number of rotatable bonds is 1. The van der Waals surface area contributed by atoms with E-state index in [1.165, 1.54) is 6.42 Å². The van der Waals surface area contributed by atoms with Crippen molar-refractivity contribution in [1.82, 2.24) is 10.2 Å². The fraction of sp³-hybridized carbons (Fsp3) is 1.00. The molecule has 12 heavy (non-hydrogen) atoms. The molecule has 2 aliphatic heterocycles. The highest BCUT2D eigenvalue weighted by Gasteiger charge is 2.68. The molecule has 0 bridgehead atoms. The van der Waals surface area contributed by atoms with Crippen molar-refractivity contribution in [2.45, 2.75) is 43.9 Å². The normalized spacial score (nSPS) is 50.0. The number of fused-ring (bicyclic) bond motifs is 1. The predicted molar refractivity (Wildman–Crippen MR) is 49.8 cm³/mol. The van der Waals surface area contributed by atoms with Crippen molar-refractivity contribution in [2.24, 2.45) is 5.73 Å². The Balaban J connectivity index is 2.08. The van der Waals surface area contributed by atoms with Gasteiger partial charge in [0.25, 0.3) is 0 Å². The second kappa shape index (κ2) is 2.22. The molecule has 3 heteroatoms. The van der Waals surface area contributed by atoms with Gasteiger partial charge in [-0.2, -0.15) is 0 Å². The highest BCUT2D eigenvalue weighted by Crippen LogP contribution is 2.52. The van der Waals surface area contributed by atoms with E-state index in [2.05, 4.69) is 24.1 Å². The van der Waals surface area contributed by atoms with E-state index in [1.807, 2.05) is 7.05 Å². The summed E-state index contributed by atoms with van der Waals surface area (Å²) in [5, 5.41) is 3.32. The monoisotopic (exact) mass is 169 g/mol. The topological polar surface area (TPSA) is 41.1 Å². The van der Waals surface area contributed by atoms with Crippen molar-refractivity contribution in [1.29, 1.82) is 0 Å². The summed E-state index contributed by atoms with van der Waals surface area (Å²) < 4.78 is 0. The number of hydrogen-bond acceptors (Lipinski definition) is 3. The maximum Gasteiger partial charge on any atom is 0.0878 e. The summed E-state index contributed by atoms with van der Waals surface area (Å²) in [6.45, 7) is 5.59. The van der Waals surface area contributed by atoms with Gasteiger partial charge in [-0.1, -0.05) is 0 Å². The summed E-state index contributed by atoms with van der Waals surface area (Å²) in [7, 11) is 2.03. The van der Waals surface area contributed by atoms with Crippen LogP contribution < -0.4 is 11.1 Å². The Hall–Kier alpha value is -0.120. The van der Waals surface area contributed by atoms with E-state index in [4.69, 9.17) is 5.73 Å². The number of nitrogens with zero attached hydrogens (tertiary/aromatic N) is 1. The van der Waals surface area contributed by atoms with Crippen LogP contribution in [0.1, 0.15) is 26.7 Å². The maximum atomic E-state index is 6.24. The van der Waals surface area contributed by atoms with Crippen LogP contribution in [0.5, 0.6) is 0 Å². The number of hydrogen-bond donors (Lipinski definition) is 2. The van der Waals surface area contributed by atoms with Gasteiger partial charge in [-0.3, -0.25) is 4.90 Å². The maximum absolute atomic E-state index is 6.24. The van der Waals surface area contributed by atoms with Gasteiger partial charge in [-0.15, -0.1) is 0 Å². The first-order chi connectivity index (χ1) is 5.52. The lowest BCUT2D eigenvalue weighted by molar-refractivity contribution is 0.269. The van der Waals surface area contributed by atoms with Gasteiger partial charge in [0, 0.05) is 18.1 Å². The van der Waals surface area contributed by atoms with E-state index in [1.54, 1.807) is 0 Å². The van der Waals surface area contributed by atoms with E-state index in [-0.39, 0.29) is 11.2 Å². The summed E-state index contributed by atoms with van der Waals surface area (Å²) >= 11 is 0. The Morgan fingerprint density at radius 2 is 2.17 bits per heavy atom. The molecule has 0 aliphatic carbocycles. The fourth-order valence-electron chi connectivity index (χ4n) is 2.54. The lowest BCUT2D eigenvalue weighted by atomic mass is 9.97. The van der Waals surface area contributed by atoms with Crippen LogP contribution in [0.4, 0.5) is 0 Å². The van der Waals surface area contributed by atoms with Crippen molar-refractivity contribution in [3.8, 4) is 0 Å². The summed E-state index contributed by atoms with van der Waals surface area (Å²) in [5.41, 5.74) is 6.49. The molecule has 3 atom stereocenters. The molecule has 2 heterocycles. The van der Waals surface area contributed by atoms with Crippen LogP contribution in [-0.2, 0) is 0 Å². The molecular weight excluding hydrogens is 150 g/mol. The molecule has 3 unspecified atom stereocenters. The number of nitrogens with one attached hydrogen (secondary N) is 1. The van der Waals surface area contributed by atoms with Crippen LogP contribution in [0, 0.1) is 0 Å². The number of nitrogens with two attached hydrogens (primary N) is 1. The predicted octanol–water partition coefficient (Wildman–Crippen LogP) is 0.117. The van der Waals surface area contributed by atoms with Gasteiger partial charge in [0.1, 0.15) is 0 Å². The summed E-state index contributed by atoms with van der Waals surface area (Å²) in [4.78, 5) is 2.41. The lowest BCUT2D eigenvalue weighted by Crippen LogP contribution is -2.44. The SMILES string of the molecule is CNC1CCC2(N)N(C1)C2(C)C. The largest absolute Gasteiger partial charge is 0.316 e. The average Bonchev–Trinajstić information content (AvgIpc) is 2.47. The third-order valence-electron chi connectivity index (χ3n) is 3.85. The summed E-state index contributed by atoms with van der Waals surface area (Å²) in [6.07, 6.45) is 2.35.